The highest BCUT2D eigenvalue weighted by molar-refractivity contribution is 6.44. The molecule has 0 aromatic carbocycles. The molecule has 0 spiro atoms. The third-order valence-electron chi connectivity index (χ3n) is 4.74. The molecule has 0 N–H and O–H groups in total. The molecule has 1 aromatic rings. The summed E-state index contributed by atoms with van der Waals surface area (Å²) in [5.74, 6) is 1.04. The zero-order valence-corrected chi connectivity index (χ0v) is 16.1. The van der Waals surface area contributed by atoms with Crippen LogP contribution in [-0.2, 0) is 4.74 Å². The Balaban J connectivity index is 1.91. The highest BCUT2D eigenvalue weighted by Crippen LogP contribution is 2.37. The van der Waals surface area contributed by atoms with Crippen LogP contribution in [0.25, 0.3) is 0 Å². The number of halogens is 3. The summed E-state index contributed by atoms with van der Waals surface area (Å²) >= 11 is 18.7. The van der Waals surface area contributed by atoms with E-state index in [1.54, 1.807) is 0 Å². The van der Waals surface area contributed by atoms with Gasteiger partial charge in [-0.3, -0.25) is 0 Å². The second-order valence-corrected chi connectivity index (χ2v) is 7.65. The molecule has 0 amide bonds. The normalized spacial score (nSPS) is 22.8. The standard InChI is InChI=1S/C18H20Cl3N3O/c19-15-14(9-22)16(20)18(23-17(15)21)24(11-13-7-4-8-25-13)10-12-5-2-1-3-6-12/h1-2,12-13H,3-8,10-11H2/t12-,13-/m0/s1. The molecular weight excluding hydrogens is 381 g/mol. The number of pyridine rings is 1. The molecule has 0 bridgehead atoms. The first-order chi connectivity index (χ1) is 12.1. The Labute approximate surface area is 163 Å². The van der Waals surface area contributed by atoms with E-state index in [0.717, 1.165) is 45.3 Å². The van der Waals surface area contributed by atoms with Crippen LogP contribution < -0.4 is 4.90 Å². The number of aromatic nitrogens is 1. The number of nitriles is 1. The lowest BCUT2D eigenvalue weighted by atomic mass is 9.93. The number of allylic oxidation sites excluding steroid dienone is 2. The fourth-order valence-corrected chi connectivity index (χ4v) is 4.13. The minimum absolute atomic E-state index is 0.107. The number of ether oxygens (including phenoxy) is 1. The average Bonchev–Trinajstić information content (AvgIpc) is 3.12. The number of rotatable bonds is 5. The van der Waals surface area contributed by atoms with Crippen LogP contribution in [0, 0.1) is 17.2 Å². The van der Waals surface area contributed by atoms with E-state index in [1.165, 1.54) is 0 Å². The summed E-state index contributed by atoms with van der Waals surface area (Å²) in [6.45, 7) is 2.28. The van der Waals surface area contributed by atoms with Crippen molar-refractivity contribution in [3.8, 4) is 6.07 Å². The minimum Gasteiger partial charge on any atom is -0.376 e. The lowest BCUT2D eigenvalue weighted by Gasteiger charge is -2.32. The largest absolute Gasteiger partial charge is 0.376 e. The fraction of sp³-hybridized carbons (Fsp3) is 0.556. The first kappa shape index (κ1) is 18.8. The molecule has 0 radical (unpaired) electrons. The van der Waals surface area contributed by atoms with Gasteiger partial charge in [-0.2, -0.15) is 5.26 Å². The second-order valence-electron chi connectivity index (χ2n) is 6.53. The van der Waals surface area contributed by atoms with Crippen molar-refractivity contribution in [2.24, 2.45) is 5.92 Å². The van der Waals surface area contributed by atoms with Crippen molar-refractivity contribution in [1.82, 2.24) is 4.98 Å². The number of anilines is 1. The van der Waals surface area contributed by atoms with Gasteiger partial charge in [-0.1, -0.05) is 47.0 Å². The molecule has 1 aliphatic carbocycles. The van der Waals surface area contributed by atoms with Crippen LogP contribution in [-0.4, -0.2) is 30.8 Å². The summed E-state index contributed by atoms with van der Waals surface area (Å²) in [5.41, 5.74) is 0.180. The molecule has 134 valence electrons. The highest BCUT2D eigenvalue weighted by Gasteiger charge is 2.27. The zero-order valence-electron chi connectivity index (χ0n) is 13.9. The average molecular weight is 401 g/mol. The maximum absolute atomic E-state index is 9.38. The van der Waals surface area contributed by atoms with E-state index in [0.29, 0.717) is 18.3 Å². The van der Waals surface area contributed by atoms with Gasteiger partial charge in [-0.25, -0.2) is 4.98 Å². The molecule has 2 heterocycles. The molecule has 3 rings (SSSR count). The lowest BCUT2D eigenvalue weighted by Crippen LogP contribution is -2.37. The summed E-state index contributed by atoms with van der Waals surface area (Å²) in [4.78, 5) is 6.51. The highest BCUT2D eigenvalue weighted by atomic mass is 35.5. The third kappa shape index (κ3) is 4.41. The topological polar surface area (TPSA) is 49.2 Å². The predicted molar refractivity (Wildman–Crippen MR) is 102 cm³/mol. The SMILES string of the molecule is N#Cc1c(Cl)c(Cl)nc(N(C[C@H]2CC=CCC2)C[C@@H]2CCCO2)c1Cl. The van der Waals surface area contributed by atoms with E-state index >= 15 is 0 Å². The van der Waals surface area contributed by atoms with Gasteiger partial charge in [-0.15, -0.1) is 0 Å². The number of nitrogens with zero attached hydrogens (tertiary/aromatic N) is 3. The van der Waals surface area contributed by atoms with E-state index in [-0.39, 0.29) is 26.9 Å². The quantitative estimate of drug-likeness (QED) is 0.500. The molecule has 25 heavy (non-hydrogen) atoms. The number of hydrogen-bond donors (Lipinski definition) is 0. The summed E-state index contributed by atoms with van der Waals surface area (Å²) in [5, 5.41) is 9.86. The molecule has 1 aromatic heterocycles. The Morgan fingerprint density at radius 2 is 2.04 bits per heavy atom. The smallest absolute Gasteiger partial charge is 0.151 e. The first-order valence-electron chi connectivity index (χ1n) is 8.56. The molecule has 1 fully saturated rings. The van der Waals surface area contributed by atoms with Gasteiger partial charge in [0.2, 0.25) is 0 Å². The van der Waals surface area contributed by atoms with Gasteiger partial charge < -0.3 is 9.64 Å². The van der Waals surface area contributed by atoms with E-state index in [2.05, 4.69) is 22.0 Å². The molecule has 1 saturated heterocycles. The second kappa shape index (κ2) is 8.60. The lowest BCUT2D eigenvalue weighted by molar-refractivity contribution is 0.114. The van der Waals surface area contributed by atoms with Gasteiger partial charge in [0.1, 0.15) is 11.1 Å². The summed E-state index contributed by atoms with van der Waals surface area (Å²) in [6, 6.07) is 2.04. The molecule has 1 aliphatic heterocycles. The monoisotopic (exact) mass is 399 g/mol. The van der Waals surface area contributed by atoms with E-state index in [4.69, 9.17) is 39.5 Å². The number of hydrogen-bond acceptors (Lipinski definition) is 4. The van der Waals surface area contributed by atoms with Gasteiger partial charge >= 0.3 is 0 Å². The summed E-state index contributed by atoms with van der Waals surface area (Å²) < 4.78 is 5.79. The Hall–Kier alpha value is -0.990. The summed E-state index contributed by atoms with van der Waals surface area (Å²) in [7, 11) is 0. The van der Waals surface area contributed by atoms with Crippen molar-refractivity contribution in [3.63, 3.8) is 0 Å². The molecular formula is C18H20Cl3N3O. The van der Waals surface area contributed by atoms with Gasteiger partial charge in [0.05, 0.1) is 16.7 Å². The minimum atomic E-state index is 0.107. The van der Waals surface area contributed by atoms with Crippen molar-refractivity contribution >= 4 is 40.6 Å². The predicted octanol–water partition coefficient (Wildman–Crippen LogP) is 5.26. The van der Waals surface area contributed by atoms with E-state index in [9.17, 15) is 5.26 Å². The Kier molecular flexibility index (Phi) is 6.46. The molecule has 0 saturated carbocycles. The van der Waals surface area contributed by atoms with Crippen molar-refractivity contribution in [2.75, 3.05) is 24.6 Å². The summed E-state index contributed by atoms with van der Waals surface area (Å²) in [6.07, 6.45) is 9.93. The van der Waals surface area contributed by atoms with Crippen LogP contribution in [0.15, 0.2) is 12.2 Å². The molecule has 4 nitrogen and oxygen atoms in total. The van der Waals surface area contributed by atoms with Crippen molar-refractivity contribution in [3.05, 3.63) is 32.9 Å². The zero-order chi connectivity index (χ0) is 17.8. The Morgan fingerprint density at radius 3 is 2.68 bits per heavy atom. The van der Waals surface area contributed by atoms with Crippen LogP contribution in [0.1, 0.15) is 37.7 Å². The van der Waals surface area contributed by atoms with Gasteiger partial charge in [0.15, 0.2) is 11.0 Å². The maximum atomic E-state index is 9.38. The van der Waals surface area contributed by atoms with Crippen LogP contribution in [0.2, 0.25) is 15.2 Å². The van der Waals surface area contributed by atoms with Gasteiger partial charge in [-0.05, 0) is 38.0 Å². The van der Waals surface area contributed by atoms with Crippen LogP contribution in [0.5, 0.6) is 0 Å². The molecule has 0 unspecified atom stereocenters. The van der Waals surface area contributed by atoms with Gasteiger partial charge in [0, 0.05) is 19.7 Å². The van der Waals surface area contributed by atoms with Crippen molar-refractivity contribution in [1.29, 1.82) is 5.26 Å². The first-order valence-corrected chi connectivity index (χ1v) is 9.69. The van der Waals surface area contributed by atoms with Crippen LogP contribution in [0.4, 0.5) is 5.82 Å². The fourth-order valence-electron chi connectivity index (χ4n) is 3.43. The maximum Gasteiger partial charge on any atom is 0.151 e. The van der Waals surface area contributed by atoms with Crippen LogP contribution in [0.3, 0.4) is 0 Å². The van der Waals surface area contributed by atoms with Gasteiger partial charge in [0.25, 0.3) is 0 Å². The molecule has 7 heteroatoms. The Bertz CT molecular complexity index is 696. The molecule has 2 atom stereocenters. The van der Waals surface area contributed by atoms with Crippen molar-refractivity contribution < 1.29 is 4.74 Å². The molecule has 2 aliphatic rings. The van der Waals surface area contributed by atoms with Crippen molar-refractivity contribution in [2.45, 2.75) is 38.2 Å². The third-order valence-corrected chi connectivity index (χ3v) is 5.83. The van der Waals surface area contributed by atoms with E-state index < -0.39 is 0 Å². The van der Waals surface area contributed by atoms with E-state index in [1.807, 2.05) is 6.07 Å². The Morgan fingerprint density at radius 1 is 1.20 bits per heavy atom. The van der Waals surface area contributed by atoms with Crippen LogP contribution >= 0.6 is 34.8 Å².